The lowest BCUT2D eigenvalue weighted by Gasteiger charge is -2.20. The van der Waals surface area contributed by atoms with E-state index in [0.717, 1.165) is 30.9 Å². The van der Waals surface area contributed by atoms with Crippen molar-refractivity contribution >= 4 is 28.8 Å². The highest BCUT2D eigenvalue weighted by molar-refractivity contribution is 5.76. The van der Waals surface area contributed by atoms with Crippen molar-refractivity contribution in [3.8, 4) is 0 Å². The second kappa shape index (κ2) is 10.8. The first kappa shape index (κ1) is 24.5. The van der Waals surface area contributed by atoms with E-state index in [1.807, 2.05) is 0 Å². The molecule has 0 atom stereocenters. The number of nitrogens with one attached hydrogen (secondary N) is 3. The van der Waals surface area contributed by atoms with E-state index in [4.69, 9.17) is 16.6 Å². The monoisotopic (exact) mass is 472 g/mol. The van der Waals surface area contributed by atoms with E-state index < -0.39 is 0 Å². The third kappa shape index (κ3) is 6.49. The van der Waals surface area contributed by atoms with Crippen molar-refractivity contribution in [2.75, 3.05) is 23.7 Å². The molecule has 8 heteroatoms. The summed E-state index contributed by atoms with van der Waals surface area (Å²) in [5.74, 6) is 7.66. The highest BCUT2D eigenvalue weighted by Crippen LogP contribution is 2.27. The minimum Gasteiger partial charge on any atom is -0.397 e. The van der Waals surface area contributed by atoms with E-state index in [0.29, 0.717) is 35.5 Å². The van der Waals surface area contributed by atoms with Gasteiger partial charge < -0.3 is 26.7 Å². The summed E-state index contributed by atoms with van der Waals surface area (Å²) in [4.78, 5) is 9.34. The Labute approximate surface area is 207 Å². The van der Waals surface area contributed by atoms with Crippen LogP contribution in [0.25, 0.3) is 5.70 Å². The molecule has 0 saturated heterocycles. The second-order valence-electron chi connectivity index (χ2n) is 9.67. The summed E-state index contributed by atoms with van der Waals surface area (Å²) in [5, 5.41) is 11.8. The molecule has 8 nitrogen and oxygen atoms in total. The zero-order valence-electron chi connectivity index (χ0n) is 21.0. The van der Waals surface area contributed by atoms with E-state index in [9.17, 15) is 0 Å². The molecular weight excluding hydrogens is 436 g/mol. The average Bonchev–Trinajstić information content (AvgIpc) is 2.78. The molecule has 0 unspecified atom stereocenters. The number of hydrazine groups is 1. The van der Waals surface area contributed by atoms with Crippen LogP contribution in [0.2, 0.25) is 0 Å². The molecule has 0 radical (unpaired) electrons. The van der Waals surface area contributed by atoms with Crippen LogP contribution in [0.3, 0.4) is 0 Å². The number of aryl methyl sites for hydroxylation is 2. The van der Waals surface area contributed by atoms with Gasteiger partial charge in [-0.25, -0.2) is 10.8 Å². The Morgan fingerprint density at radius 1 is 1.09 bits per heavy atom. The van der Waals surface area contributed by atoms with Crippen LogP contribution in [0.4, 0.5) is 23.1 Å². The Hall–Kier alpha value is -3.62. The number of rotatable bonds is 8. The first-order valence-electron chi connectivity index (χ1n) is 12.1. The van der Waals surface area contributed by atoms with Gasteiger partial charge >= 0.3 is 0 Å². The van der Waals surface area contributed by atoms with Crippen LogP contribution < -0.4 is 27.5 Å². The molecule has 0 saturated carbocycles. The van der Waals surface area contributed by atoms with Crippen molar-refractivity contribution in [3.63, 3.8) is 0 Å². The van der Waals surface area contributed by atoms with E-state index in [1.54, 1.807) is 17.4 Å². The predicted molar refractivity (Wildman–Crippen MR) is 144 cm³/mol. The summed E-state index contributed by atoms with van der Waals surface area (Å²) in [6, 6.07) is 12.7. The third-order valence-electron chi connectivity index (χ3n) is 5.81. The molecule has 1 aliphatic heterocycles. The van der Waals surface area contributed by atoms with E-state index >= 15 is 0 Å². The molecule has 2 heterocycles. The van der Waals surface area contributed by atoms with Gasteiger partial charge in [0.2, 0.25) is 5.95 Å². The van der Waals surface area contributed by atoms with E-state index in [-0.39, 0.29) is 0 Å². The first-order chi connectivity index (χ1) is 16.8. The van der Waals surface area contributed by atoms with Crippen molar-refractivity contribution in [2.45, 2.75) is 40.7 Å². The number of hydrogen-bond donors (Lipinski definition) is 5. The van der Waals surface area contributed by atoms with Gasteiger partial charge in [0, 0.05) is 36.9 Å². The topological polar surface area (TPSA) is 117 Å². The van der Waals surface area contributed by atoms with Gasteiger partial charge in [-0.05, 0) is 79.3 Å². The smallest absolute Gasteiger partial charge is 0.229 e. The maximum Gasteiger partial charge on any atom is 0.229 e. The number of nitrogens with two attached hydrogens (primary N) is 2. The Kier molecular flexibility index (Phi) is 7.53. The highest BCUT2D eigenvalue weighted by Gasteiger charge is 2.14. The van der Waals surface area contributed by atoms with Gasteiger partial charge in [-0.3, -0.25) is 0 Å². The zero-order chi connectivity index (χ0) is 24.9. The maximum atomic E-state index is 6.47. The number of nitrogens with zero attached hydrogens (tertiary/aromatic N) is 3. The van der Waals surface area contributed by atoms with Crippen LogP contribution >= 0.6 is 0 Å². The van der Waals surface area contributed by atoms with Gasteiger partial charge in [-0.15, -0.1) is 0 Å². The number of hydrogen-bond acceptors (Lipinski definition) is 8. The quantitative estimate of drug-likeness (QED) is 0.243. The predicted octanol–water partition coefficient (Wildman–Crippen LogP) is 4.32. The Balaban J connectivity index is 1.68. The van der Waals surface area contributed by atoms with Gasteiger partial charge in [0.1, 0.15) is 5.82 Å². The summed E-state index contributed by atoms with van der Waals surface area (Å²) in [6.07, 6.45) is 4.50. The molecule has 0 bridgehead atoms. The van der Waals surface area contributed by atoms with Crippen LogP contribution in [0.5, 0.6) is 0 Å². The minimum absolute atomic E-state index is 0.409. The van der Waals surface area contributed by atoms with Crippen molar-refractivity contribution in [2.24, 2.45) is 17.5 Å². The van der Waals surface area contributed by atoms with Gasteiger partial charge in [-0.2, -0.15) is 4.98 Å². The molecule has 0 amide bonds. The number of anilines is 4. The van der Waals surface area contributed by atoms with Crippen LogP contribution in [-0.4, -0.2) is 28.1 Å². The van der Waals surface area contributed by atoms with Crippen LogP contribution in [0, 0.1) is 19.8 Å². The van der Waals surface area contributed by atoms with Crippen LogP contribution in [0.1, 0.15) is 41.7 Å². The molecule has 2 aromatic carbocycles. The molecule has 1 aliphatic rings. The van der Waals surface area contributed by atoms with Gasteiger partial charge in [0.25, 0.3) is 0 Å². The van der Waals surface area contributed by atoms with Crippen molar-refractivity contribution < 1.29 is 0 Å². The Morgan fingerprint density at radius 3 is 2.60 bits per heavy atom. The fourth-order valence-corrected chi connectivity index (χ4v) is 4.34. The largest absolute Gasteiger partial charge is 0.397 e. The average molecular weight is 473 g/mol. The van der Waals surface area contributed by atoms with E-state index in [2.05, 4.69) is 85.0 Å². The molecule has 1 aromatic heterocycles. The normalized spacial score (nSPS) is 13.5. The molecule has 184 valence electrons. The number of aromatic nitrogens is 2. The SMILES string of the molecule is Cc1cc(C)cc(Nc2ncc(/C(N)=C/N(N)CC(C)C)c(Nc3ccc4c(c3)CNCC4)n2)c1. The summed E-state index contributed by atoms with van der Waals surface area (Å²) < 4.78 is 0. The lowest BCUT2D eigenvalue weighted by molar-refractivity contribution is 0.343. The standard InChI is InChI=1S/C27H36N8/c1-17(2)15-35(29)16-25(28)24-14-31-27(33-23-10-18(3)9-19(4)11-23)34-26(24)32-22-6-5-20-7-8-30-13-21(20)12-22/h5-6,9-12,14,16-17,30H,7-8,13,15,28-29H2,1-4H3,(H2,31,32,33,34)/b25-16-. The Morgan fingerprint density at radius 2 is 1.86 bits per heavy atom. The molecule has 0 aliphatic carbocycles. The fourth-order valence-electron chi connectivity index (χ4n) is 4.34. The summed E-state index contributed by atoms with van der Waals surface area (Å²) in [7, 11) is 0. The van der Waals surface area contributed by atoms with Crippen molar-refractivity contribution in [3.05, 3.63) is 76.6 Å². The van der Waals surface area contributed by atoms with Crippen molar-refractivity contribution in [1.82, 2.24) is 20.3 Å². The molecular formula is C27H36N8. The number of benzene rings is 2. The summed E-state index contributed by atoms with van der Waals surface area (Å²) in [6.45, 7) is 10.9. The van der Waals surface area contributed by atoms with Crippen LogP contribution in [-0.2, 0) is 13.0 Å². The highest BCUT2D eigenvalue weighted by atomic mass is 15.4. The van der Waals surface area contributed by atoms with Gasteiger partial charge in [0.15, 0.2) is 0 Å². The lowest BCUT2D eigenvalue weighted by atomic mass is 10.0. The second-order valence-corrected chi connectivity index (χ2v) is 9.67. The van der Waals surface area contributed by atoms with Crippen LogP contribution in [0.15, 0.2) is 48.8 Å². The molecule has 35 heavy (non-hydrogen) atoms. The molecule has 0 fully saturated rings. The van der Waals surface area contributed by atoms with Crippen molar-refractivity contribution in [1.29, 1.82) is 0 Å². The first-order valence-corrected chi connectivity index (χ1v) is 12.1. The summed E-state index contributed by atoms with van der Waals surface area (Å²) >= 11 is 0. The molecule has 0 spiro atoms. The zero-order valence-corrected chi connectivity index (χ0v) is 21.0. The molecule has 7 N–H and O–H groups in total. The maximum absolute atomic E-state index is 6.47. The van der Waals surface area contributed by atoms with E-state index in [1.165, 1.54) is 22.3 Å². The molecule has 3 aromatic rings. The lowest BCUT2D eigenvalue weighted by Crippen LogP contribution is -2.30. The van der Waals surface area contributed by atoms with Gasteiger partial charge in [-0.1, -0.05) is 26.0 Å². The summed E-state index contributed by atoms with van der Waals surface area (Å²) in [5.41, 5.74) is 14.5. The Bertz CT molecular complexity index is 1200. The van der Waals surface area contributed by atoms with Gasteiger partial charge in [0.05, 0.1) is 11.3 Å². The number of fused-ring (bicyclic) bond motifs is 1. The fraction of sp³-hybridized carbons (Fsp3) is 0.333. The molecule has 4 rings (SSSR count). The third-order valence-corrected chi connectivity index (χ3v) is 5.81. The minimum atomic E-state index is 0.409.